The minimum atomic E-state index is -0.209. The van der Waals surface area contributed by atoms with E-state index in [0.717, 1.165) is 16.5 Å². The van der Waals surface area contributed by atoms with E-state index in [1.807, 2.05) is 30.7 Å². The molecule has 0 spiro atoms. The predicted octanol–water partition coefficient (Wildman–Crippen LogP) is 4.33. The lowest BCUT2D eigenvalue weighted by atomic mass is 10.0. The van der Waals surface area contributed by atoms with E-state index in [-0.39, 0.29) is 5.56 Å². The van der Waals surface area contributed by atoms with Gasteiger partial charge in [0, 0.05) is 14.1 Å². The van der Waals surface area contributed by atoms with Gasteiger partial charge >= 0.3 is 0 Å². The molecule has 29 heavy (non-hydrogen) atoms. The van der Waals surface area contributed by atoms with E-state index in [4.69, 9.17) is 23.2 Å². The summed E-state index contributed by atoms with van der Waals surface area (Å²) in [7, 11) is 3.54. The number of aromatic nitrogens is 3. The van der Waals surface area contributed by atoms with Crippen LogP contribution in [0.4, 0.5) is 11.6 Å². The number of nitrogens with one attached hydrogen (secondary N) is 3. The number of benzene rings is 2. The molecule has 148 valence electrons. The number of rotatable bonds is 4. The number of anilines is 2. The van der Waals surface area contributed by atoms with Crippen LogP contribution in [0.5, 0.6) is 0 Å². The molecule has 0 aliphatic rings. The monoisotopic (exact) mass is 428 g/mol. The summed E-state index contributed by atoms with van der Waals surface area (Å²) in [4.78, 5) is 20.4. The molecule has 7 nitrogen and oxygen atoms in total. The zero-order valence-electron chi connectivity index (χ0n) is 16.0. The standard InChI is InChI=1S/C20H18Cl2N6O/c1-10-11-7-8-14-18(16(11)19(29)25-15(10)9-24-23-2)28(3)20(26-14)27-17-12(21)5-4-6-13(17)22/h4-9,23H,1-3H3,(H,25,29)(H,26,27)/b24-9+. The van der Waals surface area contributed by atoms with Crippen LogP contribution in [-0.2, 0) is 7.05 Å². The van der Waals surface area contributed by atoms with E-state index in [2.05, 4.69) is 25.8 Å². The highest BCUT2D eigenvalue weighted by Gasteiger charge is 2.17. The van der Waals surface area contributed by atoms with Crippen LogP contribution in [-0.4, -0.2) is 27.8 Å². The first kappa shape index (κ1) is 19.3. The van der Waals surface area contributed by atoms with Gasteiger partial charge in [-0.15, -0.1) is 0 Å². The van der Waals surface area contributed by atoms with Crippen LogP contribution in [0.15, 0.2) is 40.2 Å². The Hall–Kier alpha value is -3.03. The van der Waals surface area contributed by atoms with E-state index < -0.39 is 0 Å². The van der Waals surface area contributed by atoms with Crippen molar-refractivity contribution < 1.29 is 0 Å². The first-order valence-corrected chi connectivity index (χ1v) is 9.60. The van der Waals surface area contributed by atoms with Crippen LogP contribution >= 0.6 is 23.2 Å². The SMILES string of the molecule is CN/N=C/c1[nH]c(=O)c2c(ccc3nc(Nc4c(Cl)cccc4Cl)n(C)c32)c1C. The summed E-state index contributed by atoms with van der Waals surface area (Å²) in [5, 5.41) is 9.55. The molecule has 9 heteroatoms. The first-order valence-electron chi connectivity index (χ1n) is 8.85. The van der Waals surface area contributed by atoms with Crippen molar-refractivity contribution in [3.8, 4) is 0 Å². The highest BCUT2D eigenvalue weighted by atomic mass is 35.5. The lowest BCUT2D eigenvalue weighted by Gasteiger charge is -2.10. The predicted molar refractivity (Wildman–Crippen MR) is 120 cm³/mol. The van der Waals surface area contributed by atoms with Gasteiger partial charge < -0.3 is 20.3 Å². The van der Waals surface area contributed by atoms with Crippen molar-refractivity contribution in [2.75, 3.05) is 12.4 Å². The third-order valence-electron chi connectivity index (χ3n) is 4.84. The molecule has 0 radical (unpaired) electrons. The maximum atomic E-state index is 12.9. The first-order chi connectivity index (χ1) is 13.9. The van der Waals surface area contributed by atoms with Gasteiger partial charge in [0.15, 0.2) is 0 Å². The van der Waals surface area contributed by atoms with E-state index in [1.54, 1.807) is 31.5 Å². The van der Waals surface area contributed by atoms with Crippen molar-refractivity contribution in [2.24, 2.45) is 12.1 Å². The van der Waals surface area contributed by atoms with Crippen molar-refractivity contribution in [3.63, 3.8) is 0 Å². The van der Waals surface area contributed by atoms with E-state index >= 15 is 0 Å². The van der Waals surface area contributed by atoms with Crippen LogP contribution in [0.25, 0.3) is 21.8 Å². The van der Waals surface area contributed by atoms with Crippen molar-refractivity contribution in [1.29, 1.82) is 0 Å². The average Bonchev–Trinajstić information content (AvgIpc) is 3.02. The third kappa shape index (κ3) is 3.22. The second-order valence-corrected chi connectivity index (χ2v) is 7.36. The molecule has 0 saturated heterocycles. The molecule has 0 saturated carbocycles. The number of aromatic amines is 1. The Labute approximate surface area is 176 Å². The molecule has 0 bridgehead atoms. The maximum Gasteiger partial charge on any atom is 0.258 e. The summed E-state index contributed by atoms with van der Waals surface area (Å²) in [6, 6.07) is 9.06. The number of hydrogen-bond donors (Lipinski definition) is 3. The highest BCUT2D eigenvalue weighted by Crippen LogP contribution is 2.34. The number of hydrogen-bond acceptors (Lipinski definition) is 5. The van der Waals surface area contributed by atoms with Crippen LogP contribution in [0.1, 0.15) is 11.3 Å². The maximum absolute atomic E-state index is 12.9. The molecule has 0 atom stereocenters. The van der Waals surface area contributed by atoms with Crippen LogP contribution in [0, 0.1) is 6.92 Å². The molecule has 0 unspecified atom stereocenters. The molecule has 4 aromatic rings. The highest BCUT2D eigenvalue weighted by molar-refractivity contribution is 6.39. The Morgan fingerprint density at radius 1 is 1.21 bits per heavy atom. The van der Waals surface area contributed by atoms with Crippen LogP contribution in [0.3, 0.4) is 0 Å². The summed E-state index contributed by atoms with van der Waals surface area (Å²) in [6.45, 7) is 1.94. The molecule has 3 N–H and O–H groups in total. The number of fused-ring (bicyclic) bond motifs is 3. The van der Waals surface area contributed by atoms with Crippen molar-refractivity contribution in [1.82, 2.24) is 20.0 Å². The fourth-order valence-corrected chi connectivity index (χ4v) is 3.86. The van der Waals surface area contributed by atoms with E-state index in [0.29, 0.717) is 38.3 Å². The summed E-state index contributed by atoms with van der Waals surface area (Å²) in [5.74, 6) is 0.528. The summed E-state index contributed by atoms with van der Waals surface area (Å²) < 4.78 is 1.83. The van der Waals surface area contributed by atoms with Gasteiger partial charge in [-0.05, 0) is 36.1 Å². The van der Waals surface area contributed by atoms with Crippen LogP contribution < -0.4 is 16.3 Å². The van der Waals surface area contributed by atoms with Gasteiger partial charge in [0.05, 0.1) is 44.1 Å². The minimum Gasteiger partial charge on any atom is -0.323 e. The van der Waals surface area contributed by atoms with Gasteiger partial charge in [0.2, 0.25) is 5.95 Å². The largest absolute Gasteiger partial charge is 0.323 e. The molecule has 0 aliphatic heterocycles. The Balaban J connectivity index is 1.95. The lowest BCUT2D eigenvalue weighted by Crippen LogP contribution is -2.13. The Morgan fingerprint density at radius 3 is 2.62 bits per heavy atom. The zero-order chi connectivity index (χ0) is 20.7. The lowest BCUT2D eigenvalue weighted by molar-refractivity contribution is 0.906. The summed E-state index contributed by atoms with van der Waals surface area (Å²) in [5.41, 5.74) is 6.02. The van der Waals surface area contributed by atoms with Crippen molar-refractivity contribution in [2.45, 2.75) is 6.92 Å². The molecular weight excluding hydrogens is 411 g/mol. The third-order valence-corrected chi connectivity index (χ3v) is 5.47. The molecule has 2 heterocycles. The van der Waals surface area contributed by atoms with Crippen LogP contribution in [0.2, 0.25) is 10.0 Å². The molecule has 2 aromatic heterocycles. The minimum absolute atomic E-state index is 0.209. The zero-order valence-corrected chi connectivity index (χ0v) is 17.5. The van der Waals surface area contributed by atoms with Gasteiger partial charge in [-0.2, -0.15) is 5.10 Å². The molecule has 0 fully saturated rings. The molecule has 2 aromatic carbocycles. The second-order valence-electron chi connectivity index (χ2n) is 6.55. The fourth-order valence-electron chi connectivity index (χ4n) is 3.37. The topological polar surface area (TPSA) is 87.1 Å². The quantitative estimate of drug-likeness (QED) is 0.333. The van der Waals surface area contributed by atoms with Crippen molar-refractivity contribution >= 4 is 62.9 Å². The van der Waals surface area contributed by atoms with Crippen molar-refractivity contribution in [3.05, 3.63) is 62.0 Å². The molecule has 0 amide bonds. The number of halogens is 2. The van der Waals surface area contributed by atoms with Gasteiger partial charge in [-0.3, -0.25) is 4.79 Å². The smallest absolute Gasteiger partial charge is 0.258 e. The molecular formula is C20H18Cl2N6O. The Bertz CT molecular complexity index is 1320. The normalized spacial score (nSPS) is 11.6. The van der Waals surface area contributed by atoms with Gasteiger partial charge in [0.25, 0.3) is 5.56 Å². The molecule has 0 aliphatic carbocycles. The number of hydrazone groups is 1. The fraction of sp³-hybridized carbons (Fsp3) is 0.150. The van der Waals surface area contributed by atoms with E-state index in [9.17, 15) is 4.79 Å². The number of H-pyrrole nitrogens is 1. The molecule has 4 rings (SSSR count). The Morgan fingerprint density at radius 2 is 1.93 bits per heavy atom. The van der Waals surface area contributed by atoms with Gasteiger partial charge in [-0.25, -0.2) is 4.98 Å². The average molecular weight is 429 g/mol. The number of aryl methyl sites for hydroxylation is 2. The van der Waals surface area contributed by atoms with E-state index in [1.165, 1.54) is 0 Å². The summed E-state index contributed by atoms with van der Waals surface area (Å²) >= 11 is 12.5. The Kier molecular flexibility index (Phi) is 4.94. The van der Waals surface area contributed by atoms with Gasteiger partial charge in [-0.1, -0.05) is 35.3 Å². The summed E-state index contributed by atoms with van der Waals surface area (Å²) in [6.07, 6.45) is 1.59. The number of nitrogens with zero attached hydrogens (tertiary/aromatic N) is 3. The number of imidazole rings is 1. The second kappa shape index (κ2) is 7.42. The number of pyridine rings is 1. The van der Waals surface area contributed by atoms with Gasteiger partial charge in [0.1, 0.15) is 0 Å². The number of para-hydroxylation sites is 1.